The Morgan fingerprint density at radius 2 is 2.00 bits per heavy atom. The third-order valence-corrected chi connectivity index (χ3v) is 2.77. The summed E-state index contributed by atoms with van der Waals surface area (Å²) >= 11 is 0. The molecule has 4 heteroatoms. The molecule has 0 N–H and O–H groups in total. The van der Waals surface area contributed by atoms with E-state index in [9.17, 15) is 0 Å². The Bertz CT molecular complexity index is 643. The van der Waals surface area contributed by atoms with Gasteiger partial charge in [0.25, 0.3) is 0 Å². The van der Waals surface area contributed by atoms with Crippen LogP contribution in [0.2, 0.25) is 0 Å². The van der Waals surface area contributed by atoms with Gasteiger partial charge in [-0.3, -0.25) is 0 Å². The van der Waals surface area contributed by atoms with E-state index in [-0.39, 0.29) is 0 Å². The molecule has 2 heterocycles. The fourth-order valence-electron chi connectivity index (χ4n) is 1.93. The second kappa shape index (κ2) is 3.97. The van der Waals surface area contributed by atoms with Crippen molar-refractivity contribution >= 4 is 11.0 Å². The molecule has 0 aliphatic heterocycles. The Balaban J connectivity index is 2.07. The first-order valence-electron chi connectivity index (χ1n) is 5.51. The smallest absolute Gasteiger partial charge is 0.161 e. The van der Waals surface area contributed by atoms with Gasteiger partial charge in [0, 0.05) is 6.20 Å². The molecular formula is C13H12N4. The number of benzene rings is 1. The molecule has 3 aromatic rings. The lowest BCUT2D eigenvalue weighted by molar-refractivity contribution is 0.695. The topological polar surface area (TPSA) is 43.6 Å². The van der Waals surface area contributed by atoms with Gasteiger partial charge in [0.2, 0.25) is 0 Å². The summed E-state index contributed by atoms with van der Waals surface area (Å²) in [4.78, 5) is 8.32. The van der Waals surface area contributed by atoms with Crippen LogP contribution >= 0.6 is 0 Å². The lowest BCUT2D eigenvalue weighted by Crippen LogP contribution is -2.02. The number of rotatable bonds is 2. The minimum absolute atomic E-state index is 0.738. The van der Waals surface area contributed by atoms with E-state index in [0.29, 0.717) is 0 Å². The molecule has 84 valence electrons. The van der Waals surface area contributed by atoms with Gasteiger partial charge in [0.05, 0.1) is 17.6 Å². The van der Waals surface area contributed by atoms with Gasteiger partial charge in [-0.1, -0.05) is 30.3 Å². The maximum Gasteiger partial charge on any atom is 0.161 e. The van der Waals surface area contributed by atoms with Crippen LogP contribution in [0, 0.1) is 6.92 Å². The molecule has 4 nitrogen and oxygen atoms in total. The standard InChI is InChI=1S/C13H12N4/c1-10-12-7-14-9-15-13(12)17(16-10)8-11-5-3-2-4-6-11/h2-7,9H,8H2,1H3. The first kappa shape index (κ1) is 9.96. The largest absolute Gasteiger partial charge is 0.244 e. The van der Waals surface area contributed by atoms with Crippen LogP contribution in [0.3, 0.4) is 0 Å². The Morgan fingerprint density at radius 3 is 2.82 bits per heavy atom. The van der Waals surface area contributed by atoms with E-state index in [1.54, 1.807) is 6.33 Å². The van der Waals surface area contributed by atoms with E-state index in [4.69, 9.17) is 0 Å². The second-order valence-electron chi connectivity index (χ2n) is 3.99. The van der Waals surface area contributed by atoms with Crippen molar-refractivity contribution in [3.8, 4) is 0 Å². The Labute approximate surface area is 98.9 Å². The molecule has 2 aromatic heterocycles. The fourth-order valence-corrected chi connectivity index (χ4v) is 1.93. The van der Waals surface area contributed by atoms with Gasteiger partial charge in [-0.15, -0.1) is 0 Å². The van der Waals surface area contributed by atoms with Crippen LogP contribution in [0.5, 0.6) is 0 Å². The number of aromatic nitrogens is 4. The average Bonchev–Trinajstić information content (AvgIpc) is 2.69. The van der Waals surface area contributed by atoms with Crippen LogP contribution in [0.4, 0.5) is 0 Å². The molecular weight excluding hydrogens is 212 g/mol. The van der Waals surface area contributed by atoms with E-state index in [1.807, 2.05) is 36.0 Å². The number of hydrogen-bond donors (Lipinski definition) is 0. The van der Waals surface area contributed by atoms with Gasteiger partial charge in [0.15, 0.2) is 5.65 Å². The molecule has 0 fully saturated rings. The Morgan fingerprint density at radius 1 is 1.18 bits per heavy atom. The minimum atomic E-state index is 0.738. The van der Waals surface area contributed by atoms with Gasteiger partial charge in [-0.25, -0.2) is 14.6 Å². The van der Waals surface area contributed by atoms with Crippen LogP contribution in [0.25, 0.3) is 11.0 Å². The lowest BCUT2D eigenvalue weighted by atomic mass is 10.2. The number of hydrogen-bond acceptors (Lipinski definition) is 3. The summed E-state index contributed by atoms with van der Waals surface area (Å²) in [6.07, 6.45) is 3.37. The molecule has 0 atom stereocenters. The van der Waals surface area contributed by atoms with Crippen LogP contribution in [-0.4, -0.2) is 19.7 Å². The average molecular weight is 224 g/mol. The first-order chi connectivity index (χ1) is 8.34. The van der Waals surface area contributed by atoms with E-state index in [2.05, 4.69) is 27.2 Å². The Hall–Kier alpha value is -2.23. The highest BCUT2D eigenvalue weighted by Gasteiger charge is 2.08. The van der Waals surface area contributed by atoms with E-state index >= 15 is 0 Å². The van der Waals surface area contributed by atoms with Crippen molar-refractivity contribution < 1.29 is 0 Å². The van der Waals surface area contributed by atoms with Gasteiger partial charge in [-0.05, 0) is 12.5 Å². The lowest BCUT2D eigenvalue weighted by Gasteiger charge is -2.02. The number of fused-ring (bicyclic) bond motifs is 1. The SMILES string of the molecule is Cc1nn(Cc2ccccc2)c2ncncc12. The summed E-state index contributed by atoms with van der Waals surface area (Å²) in [6, 6.07) is 10.2. The third kappa shape index (κ3) is 1.78. The molecule has 0 bridgehead atoms. The zero-order valence-electron chi connectivity index (χ0n) is 9.54. The molecule has 0 aliphatic rings. The summed E-state index contributed by atoms with van der Waals surface area (Å²) in [5.41, 5.74) is 3.08. The van der Waals surface area contributed by atoms with Crippen molar-refractivity contribution in [2.24, 2.45) is 0 Å². The number of aryl methyl sites for hydroxylation is 1. The summed E-state index contributed by atoms with van der Waals surface area (Å²) in [5.74, 6) is 0. The summed E-state index contributed by atoms with van der Waals surface area (Å²) < 4.78 is 1.92. The molecule has 0 saturated carbocycles. The van der Waals surface area contributed by atoms with Crippen LogP contribution < -0.4 is 0 Å². The first-order valence-corrected chi connectivity index (χ1v) is 5.51. The normalized spacial score (nSPS) is 10.9. The van der Waals surface area contributed by atoms with Gasteiger partial charge >= 0.3 is 0 Å². The van der Waals surface area contributed by atoms with Crippen LogP contribution in [-0.2, 0) is 6.54 Å². The molecule has 0 aliphatic carbocycles. The highest BCUT2D eigenvalue weighted by Crippen LogP contribution is 2.15. The number of nitrogens with zero attached hydrogens (tertiary/aromatic N) is 4. The van der Waals surface area contributed by atoms with Crippen molar-refractivity contribution in [1.82, 2.24) is 19.7 Å². The third-order valence-electron chi connectivity index (χ3n) is 2.77. The highest BCUT2D eigenvalue weighted by atomic mass is 15.3. The molecule has 3 rings (SSSR count). The zero-order valence-corrected chi connectivity index (χ0v) is 9.54. The molecule has 0 radical (unpaired) electrons. The molecule has 1 aromatic carbocycles. The van der Waals surface area contributed by atoms with Gasteiger partial charge in [-0.2, -0.15) is 5.10 Å². The van der Waals surface area contributed by atoms with Crippen molar-refractivity contribution in [3.05, 3.63) is 54.1 Å². The van der Waals surface area contributed by atoms with Crippen molar-refractivity contribution in [3.63, 3.8) is 0 Å². The summed E-state index contributed by atoms with van der Waals surface area (Å²) in [7, 11) is 0. The summed E-state index contributed by atoms with van der Waals surface area (Å²) in [6.45, 7) is 2.72. The highest BCUT2D eigenvalue weighted by molar-refractivity contribution is 5.76. The van der Waals surface area contributed by atoms with E-state index < -0.39 is 0 Å². The molecule has 0 spiro atoms. The van der Waals surface area contributed by atoms with Crippen LogP contribution in [0.15, 0.2) is 42.9 Å². The summed E-state index contributed by atoms with van der Waals surface area (Å²) in [5, 5.41) is 5.52. The Kier molecular flexibility index (Phi) is 2.33. The predicted octanol–water partition coefficient (Wildman–Crippen LogP) is 2.18. The predicted molar refractivity (Wildman–Crippen MR) is 65.6 cm³/mol. The van der Waals surface area contributed by atoms with Crippen molar-refractivity contribution in [1.29, 1.82) is 0 Å². The maximum atomic E-state index is 4.50. The maximum absolute atomic E-state index is 4.50. The molecule has 0 saturated heterocycles. The van der Waals surface area contributed by atoms with Crippen molar-refractivity contribution in [2.45, 2.75) is 13.5 Å². The van der Waals surface area contributed by atoms with Gasteiger partial charge in [0.1, 0.15) is 6.33 Å². The van der Waals surface area contributed by atoms with E-state index in [0.717, 1.165) is 23.3 Å². The monoisotopic (exact) mass is 224 g/mol. The van der Waals surface area contributed by atoms with Crippen LogP contribution in [0.1, 0.15) is 11.3 Å². The van der Waals surface area contributed by atoms with Crippen molar-refractivity contribution in [2.75, 3.05) is 0 Å². The minimum Gasteiger partial charge on any atom is -0.244 e. The zero-order chi connectivity index (χ0) is 11.7. The quantitative estimate of drug-likeness (QED) is 0.670. The molecule has 0 unspecified atom stereocenters. The van der Waals surface area contributed by atoms with E-state index in [1.165, 1.54) is 5.56 Å². The van der Waals surface area contributed by atoms with Gasteiger partial charge < -0.3 is 0 Å². The second-order valence-corrected chi connectivity index (χ2v) is 3.99. The molecule has 17 heavy (non-hydrogen) atoms. The molecule has 0 amide bonds. The fraction of sp³-hybridized carbons (Fsp3) is 0.154.